The van der Waals surface area contributed by atoms with E-state index in [1.54, 1.807) is 16.7 Å². The number of aromatic hydroxyl groups is 1. The number of carbonyl (C=O) groups is 1. The molecule has 3 N–H and O–H groups in total. The van der Waals surface area contributed by atoms with E-state index in [-0.39, 0.29) is 16.2 Å². The van der Waals surface area contributed by atoms with Gasteiger partial charge >= 0.3 is 10.7 Å². The maximum absolute atomic E-state index is 12.1. The van der Waals surface area contributed by atoms with Crippen LogP contribution in [0.4, 0.5) is 5.69 Å². The third kappa shape index (κ3) is 4.21. The lowest BCUT2D eigenvalue weighted by molar-refractivity contribution is -0.599. The number of hydrogen-bond donors (Lipinski definition) is 3. The second kappa shape index (κ2) is 7.83. The summed E-state index contributed by atoms with van der Waals surface area (Å²) in [6.07, 6.45) is 5.04. The Hall–Kier alpha value is -3.46. The van der Waals surface area contributed by atoms with E-state index in [1.165, 1.54) is 18.3 Å². The lowest BCUT2D eigenvalue weighted by Gasteiger charge is -2.11. The molecule has 0 saturated heterocycles. The van der Waals surface area contributed by atoms with Gasteiger partial charge in [0.05, 0.1) is 24.2 Å². The Morgan fingerprint density at radius 2 is 1.96 bits per heavy atom. The number of hydrazone groups is 1. The van der Waals surface area contributed by atoms with Gasteiger partial charge in [-0.25, -0.2) is 14.8 Å². The molecule has 3 aromatic rings. The number of hydrogen-bond acceptors (Lipinski definition) is 6. The summed E-state index contributed by atoms with van der Waals surface area (Å²) in [6, 6.07) is 10.00. The Morgan fingerprint density at radius 1 is 1.26 bits per heavy atom. The number of amides is 1. The van der Waals surface area contributed by atoms with Crippen molar-refractivity contribution < 1.29 is 14.5 Å². The molecule has 138 valence electrons. The number of aromatic amines is 1. The number of pyridine rings is 1. The molecule has 9 heteroatoms. The molecule has 1 amide bonds. The normalized spacial score (nSPS) is 10.9. The SMILES string of the molecule is CN(C)c1cc[n+](-c2[nH]c(=O)sc2/C=N/NC(=O)c2ccccc2O)cc1. The molecule has 0 unspecified atom stereocenters. The van der Waals surface area contributed by atoms with Crippen LogP contribution in [-0.4, -0.2) is 36.3 Å². The summed E-state index contributed by atoms with van der Waals surface area (Å²) < 4.78 is 1.76. The van der Waals surface area contributed by atoms with Crippen molar-refractivity contribution >= 4 is 29.1 Å². The van der Waals surface area contributed by atoms with E-state index in [2.05, 4.69) is 15.5 Å². The van der Waals surface area contributed by atoms with E-state index in [0.29, 0.717) is 10.7 Å². The van der Waals surface area contributed by atoms with Gasteiger partial charge in [-0.3, -0.25) is 4.79 Å². The number of thiazole rings is 1. The highest BCUT2D eigenvalue weighted by Gasteiger charge is 2.16. The van der Waals surface area contributed by atoms with Crippen LogP contribution in [0.2, 0.25) is 0 Å². The number of nitrogens with one attached hydrogen (secondary N) is 2. The van der Waals surface area contributed by atoms with Crippen molar-refractivity contribution in [2.24, 2.45) is 5.10 Å². The van der Waals surface area contributed by atoms with E-state index < -0.39 is 5.91 Å². The molecule has 0 aliphatic carbocycles. The number of aromatic nitrogens is 2. The molecule has 3 rings (SSSR count). The molecule has 0 bridgehead atoms. The average Bonchev–Trinajstić information content (AvgIpc) is 3.02. The fourth-order valence-corrected chi connectivity index (χ4v) is 3.06. The molecule has 0 radical (unpaired) electrons. The van der Waals surface area contributed by atoms with Gasteiger partial charge in [-0.1, -0.05) is 12.1 Å². The van der Waals surface area contributed by atoms with Gasteiger partial charge in [0.25, 0.3) is 5.91 Å². The van der Waals surface area contributed by atoms with Gasteiger partial charge in [0, 0.05) is 31.9 Å². The number of para-hydroxylation sites is 1. The molecule has 0 spiro atoms. The predicted molar refractivity (Wildman–Crippen MR) is 104 cm³/mol. The zero-order valence-electron chi connectivity index (χ0n) is 14.7. The molecule has 27 heavy (non-hydrogen) atoms. The van der Waals surface area contributed by atoms with E-state index >= 15 is 0 Å². The van der Waals surface area contributed by atoms with Crippen LogP contribution in [0, 0.1) is 0 Å². The summed E-state index contributed by atoms with van der Waals surface area (Å²) in [6.45, 7) is 0. The maximum Gasteiger partial charge on any atom is 0.390 e. The number of phenols is 1. The van der Waals surface area contributed by atoms with Gasteiger partial charge in [0.2, 0.25) is 0 Å². The molecule has 8 nitrogen and oxygen atoms in total. The van der Waals surface area contributed by atoms with Crippen molar-refractivity contribution in [2.75, 3.05) is 19.0 Å². The average molecular weight is 384 g/mol. The largest absolute Gasteiger partial charge is 0.507 e. The minimum Gasteiger partial charge on any atom is -0.507 e. The molecule has 0 atom stereocenters. The first-order chi connectivity index (χ1) is 13.0. The number of anilines is 1. The third-order valence-electron chi connectivity index (χ3n) is 3.74. The first-order valence-electron chi connectivity index (χ1n) is 7.99. The van der Waals surface area contributed by atoms with Gasteiger partial charge in [-0.05, 0) is 23.5 Å². The number of rotatable bonds is 5. The quantitative estimate of drug-likeness (QED) is 0.350. The molecular weight excluding hydrogens is 366 g/mol. The summed E-state index contributed by atoms with van der Waals surface area (Å²) in [5.41, 5.74) is 3.48. The number of nitrogens with zero attached hydrogens (tertiary/aromatic N) is 3. The zero-order valence-corrected chi connectivity index (χ0v) is 15.5. The fourth-order valence-electron chi connectivity index (χ4n) is 2.35. The Balaban J connectivity index is 1.80. The fraction of sp³-hybridized carbons (Fsp3) is 0.111. The van der Waals surface area contributed by atoms with Crippen molar-refractivity contribution in [1.29, 1.82) is 0 Å². The first kappa shape index (κ1) is 18.3. The number of phenolic OH excluding ortho intramolecular Hbond substituents is 1. The maximum atomic E-state index is 12.1. The second-order valence-electron chi connectivity index (χ2n) is 5.80. The molecule has 0 fully saturated rings. The molecule has 0 aliphatic rings. The van der Waals surface area contributed by atoms with Crippen LogP contribution in [0.15, 0.2) is 58.7 Å². The number of H-pyrrole nitrogens is 1. The van der Waals surface area contributed by atoms with Crippen molar-refractivity contribution in [2.45, 2.75) is 0 Å². The van der Waals surface area contributed by atoms with Gasteiger partial charge in [0.15, 0.2) is 0 Å². The van der Waals surface area contributed by atoms with Crippen LogP contribution in [0.5, 0.6) is 5.75 Å². The zero-order chi connectivity index (χ0) is 19.4. The molecule has 2 heterocycles. The molecule has 0 aliphatic heterocycles. The topological polar surface area (TPSA) is 102 Å². The van der Waals surface area contributed by atoms with Crippen molar-refractivity contribution in [1.82, 2.24) is 10.4 Å². The van der Waals surface area contributed by atoms with E-state index in [4.69, 9.17) is 0 Å². The van der Waals surface area contributed by atoms with Crippen molar-refractivity contribution in [3.63, 3.8) is 0 Å². The Bertz CT molecular complexity index is 1040. The Morgan fingerprint density at radius 3 is 2.63 bits per heavy atom. The van der Waals surface area contributed by atoms with E-state index in [1.807, 2.05) is 43.5 Å². The third-order valence-corrected chi connectivity index (χ3v) is 4.55. The van der Waals surface area contributed by atoms with Gasteiger partial charge < -0.3 is 10.0 Å². The minimum atomic E-state index is -0.545. The van der Waals surface area contributed by atoms with Crippen LogP contribution >= 0.6 is 11.3 Å². The van der Waals surface area contributed by atoms with E-state index in [0.717, 1.165) is 17.0 Å². The molecule has 1 aromatic carbocycles. The first-order valence-corrected chi connectivity index (χ1v) is 8.81. The highest BCUT2D eigenvalue weighted by Crippen LogP contribution is 2.15. The molecule has 0 saturated carbocycles. The monoisotopic (exact) mass is 384 g/mol. The standard InChI is InChI=1S/C18H17N5O3S/c1-22(2)12-7-9-23(10-8-12)16-15(27-18(26)20-16)11-19-21-17(25)13-5-3-4-6-14(13)24/h3-11H,1-2H3,(H2-,19,20,21,24,25,26)/p+1. The molecular formula is C18H18N5O3S+. The number of carbonyl (C=O) groups excluding carboxylic acids is 1. The summed E-state index contributed by atoms with van der Waals surface area (Å²) in [7, 11) is 3.88. The van der Waals surface area contributed by atoms with Crippen LogP contribution < -0.4 is 19.8 Å². The predicted octanol–water partition coefficient (Wildman–Crippen LogP) is 1.25. The Kier molecular flexibility index (Phi) is 5.32. The minimum absolute atomic E-state index is 0.116. The highest BCUT2D eigenvalue weighted by molar-refractivity contribution is 7.11. The van der Waals surface area contributed by atoms with E-state index in [9.17, 15) is 14.7 Å². The second-order valence-corrected chi connectivity index (χ2v) is 6.82. The Labute approximate surface area is 159 Å². The summed E-state index contributed by atoms with van der Waals surface area (Å²) in [5, 5.41) is 13.6. The van der Waals surface area contributed by atoms with Crippen molar-refractivity contribution in [3.05, 3.63) is 68.9 Å². The number of benzene rings is 1. The van der Waals surface area contributed by atoms with Crippen LogP contribution in [-0.2, 0) is 0 Å². The van der Waals surface area contributed by atoms with Gasteiger partial charge in [0.1, 0.15) is 10.6 Å². The van der Waals surface area contributed by atoms with Gasteiger partial charge in [-0.2, -0.15) is 10.1 Å². The summed E-state index contributed by atoms with van der Waals surface area (Å²) in [5.74, 6) is -0.124. The molecule has 2 aromatic heterocycles. The summed E-state index contributed by atoms with van der Waals surface area (Å²) >= 11 is 0.978. The summed E-state index contributed by atoms with van der Waals surface area (Å²) in [4.78, 5) is 28.9. The van der Waals surface area contributed by atoms with Gasteiger partial charge in [-0.15, -0.1) is 0 Å². The smallest absolute Gasteiger partial charge is 0.390 e. The van der Waals surface area contributed by atoms with Crippen LogP contribution in [0.25, 0.3) is 5.82 Å². The van der Waals surface area contributed by atoms with Crippen molar-refractivity contribution in [3.8, 4) is 11.6 Å². The highest BCUT2D eigenvalue weighted by atomic mass is 32.1. The van der Waals surface area contributed by atoms with Crippen LogP contribution in [0.3, 0.4) is 0 Å². The van der Waals surface area contributed by atoms with Crippen LogP contribution in [0.1, 0.15) is 15.2 Å². The lowest BCUT2D eigenvalue weighted by Crippen LogP contribution is -2.32. The lowest BCUT2D eigenvalue weighted by atomic mass is 10.2.